The minimum Gasteiger partial charge on any atom is -0.393 e. The summed E-state index contributed by atoms with van der Waals surface area (Å²) in [6, 6.07) is 0. The van der Waals surface area contributed by atoms with E-state index in [-0.39, 0.29) is 6.10 Å². The zero-order valence-electron chi connectivity index (χ0n) is 5.43. The molecule has 1 rings (SSSR count). The van der Waals surface area contributed by atoms with Crippen LogP contribution in [0.15, 0.2) is 0 Å². The highest BCUT2D eigenvalue weighted by molar-refractivity contribution is 4.74. The summed E-state index contributed by atoms with van der Waals surface area (Å²) in [6.45, 7) is 2.15. The molecule has 1 saturated carbocycles. The van der Waals surface area contributed by atoms with Crippen molar-refractivity contribution >= 4 is 0 Å². The maximum absolute atomic E-state index is 9.19. The van der Waals surface area contributed by atoms with E-state index in [0.717, 1.165) is 12.8 Å². The van der Waals surface area contributed by atoms with Crippen LogP contribution in [0.25, 0.3) is 0 Å². The highest BCUT2D eigenvalue weighted by Crippen LogP contribution is 2.27. The minimum absolute atomic E-state index is 0.0278. The largest absolute Gasteiger partial charge is 0.393 e. The summed E-state index contributed by atoms with van der Waals surface area (Å²) in [5, 5.41) is 9.19. The molecular weight excluding hydrogens is 100 g/mol. The van der Waals surface area contributed by atoms with Crippen molar-refractivity contribution in [2.24, 2.45) is 5.92 Å². The van der Waals surface area contributed by atoms with Gasteiger partial charge in [0.2, 0.25) is 0 Å². The summed E-state index contributed by atoms with van der Waals surface area (Å²) in [7, 11) is 0. The van der Waals surface area contributed by atoms with E-state index in [1.54, 1.807) is 0 Å². The molecular formula is C7H14O. The number of hydrogen-bond donors (Lipinski definition) is 1. The molecule has 0 bridgehead atoms. The molecule has 0 heterocycles. The molecule has 0 saturated heterocycles. The van der Waals surface area contributed by atoms with Crippen molar-refractivity contribution in [3.05, 3.63) is 0 Å². The van der Waals surface area contributed by atoms with Gasteiger partial charge in [-0.3, -0.25) is 0 Å². The lowest BCUT2D eigenvalue weighted by Crippen LogP contribution is -2.10. The van der Waals surface area contributed by atoms with E-state index in [0.29, 0.717) is 5.92 Å². The van der Waals surface area contributed by atoms with Gasteiger partial charge < -0.3 is 5.11 Å². The first-order chi connectivity index (χ1) is 3.84. The van der Waals surface area contributed by atoms with Crippen LogP contribution in [0.3, 0.4) is 0 Å². The average molecular weight is 114 g/mol. The first-order valence-electron chi connectivity index (χ1n) is 3.52. The monoisotopic (exact) mass is 114 g/mol. The van der Waals surface area contributed by atoms with Crippen LogP contribution in [0.4, 0.5) is 0 Å². The third kappa shape index (κ3) is 1.03. The molecule has 1 unspecified atom stereocenters. The zero-order chi connectivity index (χ0) is 5.98. The zero-order valence-corrected chi connectivity index (χ0v) is 5.43. The Morgan fingerprint density at radius 2 is 2.25 bits per heavy atom. The molecule has 1 N–H and O–H groups in total. The molecule has 0 radical (unpaired) electrons. The molecule has 1 aliphatic rings. The number of aliphatic hydroxyl groups excluding tert-OH is 1. The van der Waals surface area contributed by atoms with Crippen LogP contribution in [-0.2, 0) is 0 Å². The lowest BCUT2D eigenvalue weighted by molar-refractivity contribution is 0.130. The Morgan fingerprint density at radius 3 is 2.50 bits per heavy atom. The van der Waals surface area contributed by atoms with Gasteiger partial charge in [0.15, 0.2) is 0 Å². The van der Waals surface area contributed by atoms with Gasteiger partial charge in [0.1, 0.15) is 0 Å². The molecule has 0 spiro atoms. The van der Waals surface area contributed by atoms with E-state index in [1.165, 1.54) is 12.8 Å². The van der Waals surface area contributed by atoms with Crippen molar-refractivity contribution in [3.63, 3.8) is 0 Å². The fourth-order valence-electron chi connectivity index (χ4n) is 1.49. The predicted octanol–water partition coefficient (Wildman–Crippen LogP) is 1.56. The van der Waals surface area contributed by atoms with E-state index < -0.39 is 0 Å². The Labute approximate surface area is 50.7 Å². The second-order valence-corrected chi connectivity index (χ2v) is 2.67. The molecule has 8 heavy (non-hydrogen) atoms. The van der Waals surface area contributed by atoms with Crippen molar-refractivity contribution in [3.8, 4) is 0 Å². The molecule has 1 nitrogen and oxygen atoms in total. The van der Waals surface area contributed by atoms with Crippen molar-refractivity contribution in [2.75, 3.05) is 0 Å². The van der Waals surface area contributed by atoms with Gasteiger partial charge in [-0.05, 0) is 18.8 Å². The highest BCUT2D eigenvalue weighted by atomic mass is 16.3. The third-order valence-electron chi connectivity index (χ3n) is 2.14. The van der Waals surface area contributed by atoms with Gasteiger partial charge in [-0.25, -0.2) is 0 Å². The van der Waals surface area contributed by atoms with Crippen molar-refractivity contribution in [1.29, 1.82) is 0 Å². The van der Waals surface area contributed by atoms with Crippen molar-refractivity contribution < 1.29 is 5.11 Å². The Balaban J connectivity index is 2.30. The Kier molecular flexibility index (Phi) is 1.90. The Hall–Kier alpha value is -0.0400. The van der Waals surface area contributed by atoms with Gasteiger partial charge >= 0.3 is 0 Å². The minimum atomic E-state index is 0.0278. The summed E-state index contributed by atoms with van der Waals surface area (Å²) in [6.07, 6.45) is 4.71. The highest BCUT2D eigenvalue weighted by Gasteiger charge is 2.22. The Bertz CT molecular complexity index is 70.8. The second kappa shape index (κ2) is 2.49. The molecule has 1 heteroatoms. The molecule has 0 aromatic rings. The fraction of sp³-hybridized carbons (Fsp3) is 1.00. The maximum atomic E-state index is 9.19. The van der Waals surface area contributed by atoms with Gasteiger partial charge in [-0.15, -0.1) is 0 Å². The first kappa shape index (κ1) is 6.09. The topological polar surface area (TPSA) is 20.2 Å². The van der Waals surface area contributed by atoms with Crippen LogP contribution >= 0.6 is 0 Å². The van der Waals surface area contributed by atoms with Crippen molar-refractivity contribution in [1.82, 2.24) is 0 Å². The van der Waals surface area contributed by atoms with E-state index in [9.17, 15) is 5.11 Å². The average Bonchev–Trinajstić information content (AvgIpc) is 2.14. The van der Waals surface area contributed by atoms with Crippen LogP contribution in [0.1, 0.15) is 32.6 Å². The number of hydrogen-bond acceptors (Lipinski definition) is 1. The fourth-order valence-corrected chi connectivity index (χ4v) is 1.49. The van der Waals surface area contributed by atoms with Crippen LogP contribution in [0.5, 0.6) is 0 Å². The number of rotatable bonds is 1. The molecule has 0 aromatic heterocycles. The molecule has 1 fully saturated rings. The normalized spacial score (nSPS) is 38.2. The third-order valence-corrected chi connectivity index (χ3v) is 2.14. The first-order valence-corrected chi connectivity index (χ1v) is 3.52. The van der Waals surface area contributed by atoms with E-state index in [2.05, 4.69) is 6.92 Å². The summed E-state index contributed by atoms with van der Waals surface area (Å²) in [5.74, 6) is 0.620. The smallest absolute Gasteiger partial charge is 0.0568 e. The van der Waals surface area contributed by atoms with E-state index in [4.69, 9.17) is 0 Å². The number of aliphatic hydroxyl groups is 1. The van der Waals surface area contributed by atoms with Gasteiger partial charge in [0, 0.05) is 0 Å². The van der Waals surface area contributed by atoms with Crippen LogP contribution < -0.4 is 0 Å². The predicted molar refractivity (Wildman–Crippen MR) is 33.6 cm³/mol. The molecule has 1 aliphatic carbocycles. The lowest BCUT2D eigenvalue weighted by atomic mass is 10.0. The summed E-state index contributed by atoms with van der Waals surface area (Å²) < 4.78 is 0. The van der Waals surface area contributed by atoms with Crippen LogP contribution in [-0.4, -0.2) is 11.2 Å². The SMILES string of the molecule is CC[C@H]1CCCC1O. The standard InChI is InChI=1S/C7H14O/c1-2-6-4-3-5-7(6)8/h6-8H,2-5H2,1H3/t6-,7?/m0/s1. The summed E-state index contributed by atoms with van der Waals surface area (Å²) in [5.41, 5.74) is 0. The van der Waals surface area contributed by atoms with E-state index in [1.807, 2.05) is 0 Å². The molecule has 0 aliphatic heterocycles. The van der Waals surface area contributed by atoms with Gasteiger partial charge in [0.05, 0.1) is 6.10 Å². The Morgan fingerprint density at radius 1 is 1.50 bits per heavy atom. The molecule has 48 valence electrons. The summed E-state index contributed by atoms with van der Waals surface area (Å²) in [4.78, 5) is 0. The maximum Gasteiger partial charge on any atom is 0.0568 e. The van der Waals surface area contributed by atoms with Gasteiger partial charge in [0.25, 0.3) is 0 Å². The second-order valence-electron chi connectivity index (χ2n) is 2.67. The lowest BCUT2D eigenvalue weighted by Gasteiger charge is -2.09. The van der Waals surface area contributed by atoms with Crippen LogP contribution in [0.2, 0.25) is 0 Å². The molecule has 0 amide bonds. The van der Waals surface area contributed by atoms with E-state index >= 15 is 0 Å². The molecule has 0 aromatic carbocycles. The quantitative estimate of drug-likeness (QED) is 0.548. The van der Waals surface area contributed by atoms with Gasteiger partial charge in [-0.2, -0.15) is 0 Å². The van der Waals surface area contributed by atoms with Gasteiger partial charge in [-0.1, -0.05) is 19.8 Å². The molecule has 2 atom stereocenters. The van der Waals surface area contributed by atoms with Crippen molar-refractivity contribution in [2.45, 2.75) is 38.7 Å². The van der Waals surface area contributed by atoms with Crippen LogP contribution in [0, 0.1) is 5.92 Å². The summed E-state index contributed by atoms with van der Waals surface area (Å²) >= 11 is 0.